The lowest BCUT2D eigenvalue weighted by atomic mass is 9.99. The summed E-state index contributed by atoms with van der Waals surface area (Å²) in [7, 11) is 0. The quantitative estimate of drug-likeness (QED) is 0.438. The van der Waals surface area contributed by atoms with Gasteiger partial charge in [-0.15, -0.1) is 11.3 Å². The Labute approximate surface area is 182 Å². The van der Waals surface area contributed by atoms with Crippen LogP contribution in [-0.4, -0.2) is 18.1 Å². The number of nitrogens with zero attached hydrogens (tertiary/aromatic N) is 1. The van der Waals surface area contributed by atoms with Crippen LogP contribution in [0.15, 0.2) is 48.5 Å². The number of benzene rings is 2. The summed E-state index contributed by atoms with van der Waals surface area (Å²) in [6.07, 6.45) is 5.89. The minimum absolute atomic E-state index is 0.600. The fourth-order valence-corrected chi connectivity index (χ4v) is 5.09. The summed E-state index contributed by atoms with van der Waals surface area (Å²) in [6, 6.07) is 15.7. The van der Waals surface area contributed by atoms with Crippen molar-refractivity contribution in [3.63, 3.8) is 0 Å². The van der Waals surface area contributed by atoms with Crippen LogP contribution in [0.4, 0.5) is 0 Å². The molecule has 1 fully saturated rings. The number of hydrogen-bond acceptors (Lipinski definition) is 4. The van der Waals surface area contributed by atoms with Crippen LogP contribution in [-0.2, 0) is 6.42 Å². The monoisotopic (exact) mass is 426 g/mol. The molecular formula is C24H27ClN2OS. The van der Waals surface area contributed by atoms with Gasteiger partial charge in [0.05, 0.1) is 10.7 Å². The van der Waals surface area contributed by atoms with Crippen LogP contribution in [0.5, 0.6) is 11.5 Å². The number of halogens is 1. The Balaban J connectivity index is 1.55. The van der Waals surface area contributed by atoms with Gasteiger partial charge >= 0.3 is 0 Å². The second kappa shape index (κ2) is 9.75. The predicted octanol–water partition coefficient (Wildman–Crippen LogP) is 7.07. The van der Waals surface area contributed by atoms with Gasteiger partial charge in [0.1, 0.15) is 11.5 Å². The van der Waals surface area contributed by atoms with Gasteiger partial charge in [0.15, 0.2) is 0 Å². The molecule has 3 aromatic rings. The fourth-order valence-electron chi connectivity index (χ4n) is 3.67. The Morgan fingerprint density at radius 3 is 2.34 bits per heavy atom. The van der Waals surface area contributed by atoms with Crippen molar-refractivity contribution in [2.45, 2.75) is 44.9 Å². The normalized spacial score (nSPS) is 14.8. The molecule has 0 amide bonds. The van der Waals surface area contributed by atoms with E-state index in [0.717, 1.165) is 36.7 Å². The Morgan fingerprint density at radius 2 is 1.69 bits per heavy atom. The largest absolute Gasteiger partial charge is 0.457 e. The van der Waals surface area contributed by atoms with Gasteiger partial charge in [-0.2, -0.15) is 0 Å². The van der Waals surface area contributed by atoms with Crippen molar-refractivity contribution >= 4 is 22.9 Å². The average molecular weight is 427 g/mol. The molecule has 2 heterocycles. The van der Waals surface area contributed by atoms with Gasteiger partial charge < -0.3 is 10.1 Å². The van der Waals surface area contributed by atoms with E-state index in [1.54, 1.807) is 0 Å². The standard InChI is InChI=1S/C24H27ClN2OS/c1-2-3-4-22-23(27-24(29-22)18-13-15-26-16-14-18)17-5-9-20(10-6-17)28-21-11-7-19(25)8-12-21/h5-12,18,26H,2-4,13-16H2,1H3. The summed E-state index contributed by atoms with van der Waals surface area (Å²) in [5, 5.41) is 5.48. The van der Waals surface area contributed by atoms with Gasteiger partial charge in [-0.3, -0.25) is 0 Å². The molecule has 1 aromatic heterocycles. The van der Waals surface area contributed by atoms with Crippen molar-refractivity contribution in [2.75, 3.05) is 13.1 Å². The fraction of sp³-hybridized carbons (Fsp3) is 0.375. The Hall–Kier alpha value is -1.88. The van der Waals surface area contributed by atoms with E-state index in [1.165, 1.54) is 41.1 Å². The molecule has 5 heteroatoms. The third kappa shape index (κ3) is 5.19. The van der Waals surface area contributed by atoms with Crippen LogP contribution < -0.4 is 10.1 Å². The molecular weight excluding hydrogens is 400 g/mol. The summed E-state index contributed by atoms with van der Waals surface area (Å²) < 4.78 is 5.94. The topological polar surface area (TPSA) is 34.2 Å². The van der Waals surface area contributed by atoms with Crippen LogP contribution >= 0.6 is 22.9 Å². The summed E-state index contributed by atoms with van der Waals surface area (Å²) in [5.74, 6) is 2.20. The highest BCUT2D eigenvalue weighted by atomic mass is 35.5. The number of piperidine rings is 1. The van der Waals surface area contributed by atoms with E-state index < -0.39 is 0 Å². The van der Waals surface area contributed by atoms with Gasteiger partial charge in [-0.25, -0.2) is 4.98 Å². The predicted molar refractivity (Wildman–Crippen MR) is 123 cm³/mol. The van der Waals surface area contributed by atoms with E-state index in [-0.39, 0.29) is 0 Å². The number of hydrogen-bond donors (Lipinski definition) is 1. The number of aromatic nitrogens is 1. The van der Waals surface area contributed by atoms with E-state index in [4.69, 9.17) is 21.3 Å². The maximum absolute atomic E-state index is 5.95. The molecule has 0 spiro atoms. The van der Waals surface area contributed by atoms with E-state index in [0.29, 0.717) is 10.9 Å². The maximum atomic E-state index is 5.95. The summed E-state index contributed by atoms with van der Waals surface area (Å²) >= 11 is 7.87. The van der Waals surface area contributed by atoms with Crippen molar-refractivity contribution in [2.24, 2.45) is 0 Å². The molecule has 1 saturated heterocycles. The molecule has 152 valence electrons. The molecule has 0 atom stereocenters. The first kappa shape index (κ1) is 20.4. The minimum Gasteiger partial charge on any atom is -0.457 e. The molecule has 4 rings (SSSR count). The van der Waals surface area contributed by atoms with E-state index in [1.807, 2.05) is 47.7 Å². The number of ether oxygens (including phenoxy) is 1. The minimum atomic E-state index is 0.600. The SMILES string of the molecule is CCCCc1sc(C2CCNCC2)nc1-c1ccc(Oc2ccc(Cl)cc2)cc1. The van der Waals surface area contributed by atoms with Gasteiger partial charge in [-0.05, 0) is 87.3 Å². The summed E-state index contributed by atoms with van der Waals surface area (Å²) in [6.45, 7) is 4.44. The van der Waals surface area contributed by atoms with Crippen molar-refractivity contribution in [3.8, 4) is 22.8 Å². The van der Waals surface area contributed by atoms with E-state index in [2.05, 4.69) is 24.4 Å². The molecule has 1 aliphatic heterocycles. The lowest BCUT2D eigenvalue weighted by molar-refractivity contribution is 0.459. The first-order valence-electron chi connectivity index (χ1n) is 10.5. The molecule has 29 heavy (non-hydrogen) atoms. The van der Waals surface area contributed by atoms with E-state index >= 15 is 0 Å². The zero-order valence-electron chi connectivity index (χ0n) is 16.8. The second-order valence-corrected chi connectivity index (χ2v) is 9.08. The van der Waals surface area contributed by atoms with Crippen LogP contribution in [0, 0.1) is 0 Å². The molecule has 0 aliphatic carbocycles. The van der Waals surface area contributed by atoms with Crippen molar-refractivity contribution in [1.82, 2.24) is 10.3 Å². The van der Waals surface area contributed by atoms with Crippen molar-refractivity contribution < 1.29 is 4.74 Å². The van der Waals surface area contributed by atoms with Gasteiger partial charge in [0.25, 0.3) is 0 Å². The molecule has 0 bridgehead atoms. The zero-order chi connectivity index (χ0) is 20.1. The lowest BCUT2D eigenvalue weighted by Gasteiger charge is -2.20. The number of rotatable bonds is 7. The number of nitrogens with one attached hydrogen (secondary N) is 1. The molecule has 0 unspecified atom stereocenters. The third-order valence-corrected chi connectivity index (χ3v) is 6.87. The van der Waals surface area contributed by atoms with Gasteiger partial charge in [0.2, 0.25) is 0 Å². The number of thiazole rings is 1. The highest BCUT2D eigenvalue weighted by molar-refractivity contribution is 7.12. The van der Waals surface area contributed by atoms with Crippen LogP contribution in [0.3, 0.4) is 0 Å². The third-order valence-electron chi connectivity index (χ3n) is 5.34. The molecule has 2 aromatic carbocycles. The average Bonchev–Trinajstić information content (AvgIpc) is 3.19. The highest BCUT2D eigenvalue weighted by Gasteiger charge is 2.21. The molecule has 1 N–H and O–H groups in total. The van der Waals surface area contributed by atoms with E-state index in [9.17, 15) is 0 Å². The van der Waals surface area contributed by atoms with Crippen molar-refractivity contribution in [1.29, 1.82) is 0 Å². The molecule has 3 nitrogen and oxygen atoms in total. The van der Waals surface area contributed by atoms with Crippen molar-refractivity contribution in [3.05, 3.63) is 63.4 Å². The van der Waals surface area contributed by atoms with Crippen LogP contribution in [0.2, 0.25) is 5.02 Å². The number of aryl methyl sites for hydroxylation is 1. The smallest absolute Gasteiger partial charge is 0.127 e. The number of unbranched alkanes of at least 4 members (excludes halogenated alkanes) is 1. The first-order chi connectivity index (χ1) is 14.2. The second-order valence-electron chi connectivity index (χ2n) is 7.53. The Bertz CT molecular complexity index is 915. The lowest BCUT2D eigenvalue weighted by Crippen LogP contribution is -2.26. The summed E-state index contributed by atoms with van der Waals surface area (Å²) in [5.41, 5.74) is 2.34. The van der Waals surface area contributed by atoms with Gasteiger partial charge in [0, 0.05) is 21.4 Å². The van der Waals surface area contributed by atoms with Gasteiger partial charge in [-0.1, -0.05) is 24.9 Å². The Morgan fingerprint density at radius 1 is 1.03 bits per heavy atom. The molecule has 0 radical (unpaired) electrons. The highest BCUT2D eigenvalue weighted by Crippen LogP contribution is 2.37. The maximum Gasteiger partial charge on any atom is 0.127 e. The molecule has 0 saturated carbocycles. The first-order valence-corrected chi connectivity index (χ1v) is 11.7. The molecule has 1 aliphatic rings. The summed E-state index contributed by atoms with van der Waals surface area (Å²) in [4.78, 5) is 6.54. The Kier molecular flexibility index (Phi) is 6.86. The van der Waals surface area contributed by atoms with Crippen LogP contribution in [0.1, 0.15) is 48.4 Å². The van der Waals surface area contributed by atoms with Crippen LogP contribution in [0.25, 0.3) is 11.3 Å². The zero-order valence-corrected chi connectivity index (χ0v) is 18.4.